The molecule has 0 aliphatic heterocycles. The molecule has 3 aromatic rings. The lowest BCUT2D eigenvalue weighted by Crippen LogP contribution is -2.15. The summed E-state index contributed by atoms with van der Waals surface area (Å²) in [5, 5.41) is 2.76. The van der Waals surface area contributed by atoms with Crippen LogP contribution in [0.2, 0.25) is 0 Å². The number of Topliss-reactive ketones (excluding diaryl/α,β-unsaturated/α-hetero) is 1. The second-order valence-electron chi connectivity index (χ2n) is 6.22. The van der Waals surface area contributed by atoms with E-state index in [0.29, 0.717) is 33.9 Å². The van der Waals surface area contributed by atoms with Gasteiger partial charge in [-0.3, -0.25) is 9.59 Å². The maximum absolute atomic E-state index is 12.2. The number of nitrogens with one attached hydrogen (secondary N) is 1. The van der Waals surface area contributed by atoms with Gasteiger partial charge in [-0.25, -0.2) is 4.79 Å². The van der Waals surface area contributed by atoms with E-state index in [0.717, 1.165) is 0 Å². The van der Waals surface area contributed by atoms with Gasteiger partial charge in [0.2, 0.25) is 0 Å². The summed E-state index contributed by atoms with van der Waals surface area (Å²) in [4.78, 5) is 36.4. The van der Waals surface area contributed by atoms with Crippen LogP contribution in [0.15, 0.2) is 65.1 Å². The molecular formula is C22H19NO5. The summed E-state index contributed by atoms with van der Waals surface area (Å²) in [6, 6.07) is 16.8. The number of carbonyl (C=O) groups excluding carboxylic acids is 3. The fourth-order valence-electron chi connectivity index (χ4n) is 2.66. The van der Waals surface area contributed by atoms with Crippen molar-refractivity contribution in [3.8, 4) is 0 Å². The largest absolute Gasteiger partial charge is 0.466 e. The van der Waals surface area contributed by atoms with Crippen LogP contribution >= 0.6 is 0 Å². The highest BCUT2D eigenvalue weighted by Gasteiger charge is 2.17. The van der Waals surface area contributed by atoms with Crippen molar-refractivity contribution in [2.24, 2.45) is 0 Å². The van der Waals surface area contributed by atoms with Crippen LogP contribution < -0.4 is 5.32 Å². The average molecular weight is 377 g/mol. The Labute approximate surface area is 162 Å². The van der Waals surface area contributed by atoms with Gasteiger partial charge in [-0.1, -0.05) is 18.2 Å². The van der Waals surface area contributed by atoms with Gasteiger partial charge >= 0.3 is 5.97 Å². The third-order valence-corrected chi connectivity index (χ3v) is 4.10. The highest BCUT2D eigenvalue weighted by atomic mass is 16.5. The molecule has 0 unspecified atom stereocenters. The van der Waals surface area contributed by atoms with Gasteiger partial charge in [0.05, 0.1) is 0 Å². The van der Waals surface area contributed by atoms with E-state index in [-0.39, 0.29) is 18.3 Å². The number of furan rings is 1. The molecule has 0 aliphatic carbocycles. The predicted molar refractivity (Wildman–Crippen MR) is 104 cm³/mol. The van der Waals surface area contributed by atoms with Crippen molar-refractivity contribution in [1.29, 1.82) is 0 Å². The molecule has 6 nitrogen and oxygen atoms in total. The van der Waals surface area contributed by atoms with Crippen molar-refractivity contribution >= 4 is 23.3 Å². The third kappa shape index (κ3) is 4.54. The van der Waals surface area contributed by atoms with E-state index in [4.69, 9.17) is 9.15 Å². The highest BCUT2D eigenvalue weighted by Crippen LogP contribution is 2.16. The van der Waals surface area contributed by atoms with Crippen LogP contribution in [0.25, 0.3) is 0 Å². The molecular weight excluding hydrogens is 358 g/mol. The van der Waals surface area contributed by atoms with E-state index >= 15 is 0 Å². The molecule has 1 heterocycles. The van der Waals surface area contributed by atoms with Gasteiger partial charge in [-0.2, -0.15) is 0 Å². The van der Waals surface area contributed by atoms with Gasteiger partial charge in [-0.05, 0) is 56.3 Å². The van der Waals surface area contributed by atoms with Crippen LogP contribution in [-0.4, -0.2) is 24.3 Å². The molecule has 0 radical (unpaired) electrons. The van der Waals surface area contributed by atoms with Gasteiger partial charge < -0.3 is 14.5 Å². The molecule has 142 valence electrons. The number of hydrogen-bond acceptors (Lipinski definition) is 5. The number of aryl methyl sites for hydroxylation is 2. The second kappa shape index (κ2) is 8.35. The van der Waals surface area contributed by atoms with Gasteiger partial charge in [0.25, 0.3) is 5.91 Å². The van der Waals surface area contributed by atoms with Crippen molar-refractivity contribution in [1.82, 2.24) is 0 Å². The summed E-state index contributed by atoms with van der Waals surface area (Å²) in [7, 11) is 0. The fraction of sp³-hybridized carbons (Fsp3) is 0.136. The Balaban J connectivity index is 1.57. The Morgan fingerprint density at radius 3 is 2.21 bits per heavy atom. The highest BCUT2D eigenvalue weighted by molar-refractivity contribution is 6.05. The van der Waals surface area contributed by atoms with E-state index in [2.05, 4.69) is 5.32 Å². The summed E-state index contributed by atoms with van der Waals surface area (Å²) in [6.07, 6.45) is 0. The van der Waals surface area contributed by atoms with Crippen LogP contribution in [0, 0.1) is 13.8 Å². The first-order valence-corrected chi connectivity index (χ1v) is 8.68. The lowest BCUT2D eigenvalue weighted by Gasteiger charge is -2.07. The van der Waals surface area contributed by atoms with Crippen LogP contribution in [0.1, 0.15) is 42.6 Å². The van der Waals surface area contributed by atoms with Crippen molar-refractivity contribution in [2.45, 2.75) is 13.8 Å². The molecule has 6 heteroatoms. The fourth-order valence-corrected chi connectivity index (χ4v) is 2.66. The van der Waals surface area contributed by atoms with Crippen LogP contribution in [0.4, 0.5) is 5.69 Å². The molecule has 1 amide bonds. The Hall–Kier alpha value is -3.67. The van der Waals surface area contributed by atoms with Gasteiger partial charge in [0, 0.05) is 16.8 Å². The minimum atomic E-state index is -0.602. The van der Waals surface area contributed by atoms with Gasteiger partial charge in [0.1, 0.15) is 17.1 Å². The zero-order chi connectivity index (χ0) is 20.1. The smallest absolute Gasteiger partial charge is 0.342 e. The Kier molecular flexibility index (Phi) is 5.69. The topological polar surface area (TPSA) is 85.6 Å². The van der Waals surface area contributed by atoms with E-state index in [1.54, 1.807) is 68.4 Å². The SMILES string of the molecule is Cc1cc(C(=O)OCC(=O)c2ccc(NC(=O)c3ccccc3)cc2)c(C)o1. The molecule has 1 aromatic heterocycles. The van der Waals surface area contributed by atoms with E-state index in [1.807, 2.05) is 6.07 Å². The summed E-state index contributed by atoms with van der Waals surface area (Å²) in [5.74, 6) is -0.127. The minimum Gasteiger partial charge on any atom is -0.466 e. The second-order valence-corrected chi connectivity index (χ2v) is 6.22. The Bertz CT molecular complexity index is 1000. The van der Waals surface area contributed by atoms with E-state index in [9.17, 15) is 14.4 Å². The molecule has 0 atom stereocenters. The number of esters is 1. The molecule has 0 saturated carbocycles. The molecule has 0 fully saturated rings. The number of ketones is 1. The lowest BCUT2D eigenvalue weighted by molar-refractivity contribution is 0.0473. The van der Waals surface area contributed by atoms with Crippen LogP contribution in [0.5, 0.6) is 0 Å². The number of ether oxygens (including phenoxy) is 1. The number of anilines is 1. The molecule has 3 rings (SSSR count). The predicted octanol–water partition coefficient (Wildman–Crippen LogP) is 4.19. The van der Waals surface area contributed by atoms with Crippen LogP contribution in [0.3, 0.4) is 0 Å². The Morgan fingerprint density at radius 1 is 0.929 bits per heavy atom. The normalized spacial score (nSPS) is 10.4. The molecule has 0 saturated heterocycles. The molecule has 1 N–H and O–H groups in total. The van der Waals surface area contributed by atoms with E-state index < -0.39 is 5.97 Å². The molecule has 28 heavy (non-hydrogen) atoms. The summed E-state index contributed by atoms with van der Waals surface area (Å²) < 4.78 is 10.4. The maximum Gasteiger partial charge on any atom is 0.342 e. The number of rotatable bonds is 6. The molecule has 0 aliphatic rings. The van der Waals surface area contributed by atoms with Crippen molar-refractivity contribution in [2.75, 3.05) is 11.9 Å². The summed E-state index contributed by atoms with van der Waals surface area (Å²) >= 11 is 0. The van der Waals surface area contributed by atoms with Crippen molar-refractivity contribution in [3.63, 3.8) is 0 Å². The minimum absolute atomic E-state index is 0.237. The number of benzene rings is 2. The third-order valence-electron chi connectivity index (χ3n) is 4.10. The first-order chi connectivity index (χ1) is 13.4. The molecule has 0 spiro atoms. The summed E-state index contributed by atoms with van der Waals surface area (Å²) in [6.45, 7) is 3.01. The monoisotopic (exact) mass is 377 g/mol. The zero-order valence-corrected chi connectivity index (χ0v) is 15.5. The quantitative estimate of drug-likeness (QED) is 0.514. The first-order valence-electron chi connectivity index (χ1n) is 8.68. The van der Waals surface area contributed by atoms with Crippen LogP contribution in [-0.2, 0) is 4.74 Å². The number of carbonyl (C=O) groups is 3. The standard InChI is InChI=1S/C22H19NO5/c1-14-12-19(15(2)28-14)22(26)27-13-20(24)16-8-10-18(11-9-16)23-21(25)17-6-4-3-5-7-17/h3-12H,13H2,1-2H3,(H,23,25). The molecule has 2 aromatic carbocycles. The number of hydrogen-bond donors (Lipinski definition) is 1. The zero-order valence-electron chi connectivity index (χ0n) is 15.5. The van der Waals surface area contributed by atoms with E-state index in [1.165, 1.54) is 0 Å². The van der Waals surface area contributed by atoms with Gasteiger partial charge in [-0.15, -0.1) is 0 Å². The number of amides is 1. The molecule has 0 bridgehead atoms. The van der Waals surface area contributed by atoms with Gasteiger partial charge in [0.15, 0.2) is 12.4 Å². The van der Waals surface area contributed by atoms with Crippen molar-refractivity contribution in [3.05, 3.63) is 88.9 Å². The lowest BCUT2D eigenvalue weighted by atomic mass is 10.1. The van der Waals surface area contributed by atoms with Crippen molar-refractivity contribution < 1.29 is 23.5 Å². The Morgan fingerprint density at radius 2 is 1.61 bits per heavy atom. The maximum atomic E-state index is 12.2. The summed E-state index contributed by atoms with van der Waals surface area (Å²) in [5.41, 5.74) is 1.79. The first kappa shape index (κ1) is 19.1. The average Bonchev–Trinajstić information content (AvgIpc) is 3.05.